The van der Waals surface area contributed by atoms with E-state index in [-0.39, 0.29) is 0 Å². The van der Waals surface area contributed by atoms with E-state index in [9.17, 15) is 0 Å². The molecule has 0 atom stereocenters. The van der Waals surface area contributed by atoms with Gasteiger partial charge in [-0.15, -0.1) is 0 Å². The van der Waals surface area contributed by atoms with E-state index in [2.05, 4.69) is 16.2 Å². The molecule has 1 aromatic carbocycles. The molecule has 0 spiro atoms. The summed E-state index contributed by atoms with van der Waals surface area (Å²) in [7, 11) is 0. The summed E-state index contributed by atoms with van der Waals surface area (Å²) in [5.74, 6) is 0. The monoisotopic (exact) mass is 246 g/mol. The molecule has 4 heteroatoms. The third-order valence-corrected chi connectivity index (χ3v) is 2.76. The third-order valence-electron chi connectivity index (χ3n) is 2.76. The van der Waals surface area contributed by atoms with Crippen LogP contribution in [0.5, 0.6) is 0 Å². The normalized spacial score (nSPS) is 10.1. The summed E-state index contributed by atoms with van der Waals surface area (Å²) in [4.78, 5) is 4.26. The first-order valence-corrected chi connectivity index (χ1v) is 5.84. The Morgan fingerprint density at radius 3 is 2.74 bits per heavy atom. The molecule has 19 heavy (non-hydrogen) atoms. The zero-order valence-electron chi connectivity index (χ0n) is 10.1. The number of pyridine rings is 1. The van der Waals surface area contributed by atoms with Crippen molar-refractivity contribution in [2.45, 2.75) is 0 Å². The van der Waals surface area contributed by atoms with Gasteiger partial charge in [0, 0.05) is 12.4 Å². The van der Waals surface area contributed by atoms with Crippen molar-refractivity contribution in [3.63, 3.8) is 0 Å². The lowest BCUT2D eigenvalue weighted by molar-refractivity contribution is 0.882. The van der Waals surface area contributed by atoms with Crippen LogP contribution < -0.4 is 0 Å². The van der Waals surface area contributed by atoms with Gasteiger partial charge in [-0.05, 0) is 36.4 Å². The molecule has 0 aliphatic carbocycles. The lowest BCUT2D eigenvalue weighted by Crippen LogP contribution is -1.95. The summed E-state index contributed by atoms with van der Waals surface area (Å²) in [6.45, 7) is 0. The first-order chi connectivity index (χ1) is 9.36. The predicted octanol–water partition coefficient (Wildman–Crippen LogP) is 2.81. The Hall–Kier alpha value is -2.93. The number of aromatic nitrogens is 3. The molecule has 0 N–H and O–H groups in total. The summed E-state index contributed by atoms with van der Waals surface area (Å²) >= 11 is 0. The maximum Gasteiger partial charge on any atom is 0.111 e. The van der Waals surface area contributed by atoms with Crippen molar-refractivity contribution in [1.29, 1.82) is 5.26 Å². The number of hydrogen-bond donors (Lipinski definition) is 0. The summed E-state index contributed by atoms with van der Waals surface area (Å²) in [6, 6.07) is 17.1. The molecule has 0 fully saturated rings. The number of nitriles is 1. The molecule has 0 saturated carbocycles. The molecule has 0 bridgehead atoms. The van der Waals surface area contributed by atoms with Gasteiger partial charge in [-0.2, -0.15) is 10.4 Å². The van der Waals surface area contributed by atoms with Crippen LogP contribution >= 0.6 is 0 Å². The summed E-state index contributed by atoms with van der Waals surface area (Å²) in [5.41, 5.74) is 3.12. The highest BCUT2D eigenvalue weighted by atomic mass is 15.3. The van der Waals surface area contributed by atoms with Gasteiger partial charge in [0.05, 0.1) is 23.0 Å². The SMILES string of the molecule is N#Cc1cccc(-n2ccc(-c3ccccn3)n2)c1. The highest BCUT2D eigenvalue weighted by molar-refractivity contribution is 5.53. The first kappa shape index (κ1) is 11.2. The van der Waals surface area contributed by atoms with Crippen LogP contribution in [0.15, 0.2) is 60.9 Å². The molecular formula is C15H10N4. The van der Waals surface area contributed by atoms with Crippen molar-refractivity contribution in [3.8, 4) is 23.1 Å². The van der Waals surface area contributed by atoms with Gasteiger partial charge in [0.25, 0.3) is 0 Å². The average Bonchev–Trinajstić information content (AvgIpc) is 2.98. The van der Waals surface area contributed by atoms with Crippen molar-refractivity contribution in [2.75, 3.05) is 0 Å². The van der Waals surface area contributed by atoms with Gasteiger partial charge in [0.2, 0.25) is 0 Å². The third kappa shape index (κ3) is 2.22. The molecule has 90 valence electrons. The second-order valence-corrected chi connectivity index (χ2v) is 4.02. The van der Waals surface area contributed by atoms with Gasteiger partial charge < -0.3 is 0 Å². The fourth-order valence-electron chi connectivity index (χ4n) is 1.84. The van der Waals surface area contributed by atoms with E-state index in [0.717, 1.165) is 17.1 Å². The van der Waals surface area contributed by atoms with Crippen LogP contribution in [0.4, 0.5) is 0 Å². The van der Waals surface area contributed by atoms with Crippen LogP contribution in [0.25, 0.3) is 17.1 Å². The molecule has 0 radical (unpaired) electrons. The maximum atomic E-state index is 8.90. The number of hydrogen-bond acceptors (Lipinski definition) is 3. The largest absolute Gasteiger partial charge is 0.255 e. The van der Waals surface area contributed by atoms with Crippen molar-refractivity contribution in [3.05, 3.63) is 66.5 Å². The first-order valence-electron chi connectivity index (χ1n) is 5.84. The summed E-state index contributed by atoms with van der Waals surface area (Å²) < 4.78 is 1.74. The molecule has 3 rings (SSSR count). The van der Waals surface area contributed by atoms with Crippen LogP contribution in [0.1, 0.15) is 5.56 Å². The van der Waals surface area contributed by atoms with Gasteiger partial charge in [-0.1, -0.05) is 12.1 Å². The van der Waals surface area contributed by atoms with Crippen LogP contribution in [-0.4, -0.2) is 14.8 Å². The lowest BCUT2D eigenvalue weighted by Gasteiger charge is -2.01. The van der Waals surface area contributed by atoms with E-state index in [1.807, 2.05) is 42.6 Å². The maximum absolute atomic E-state index is 8.90. The average molecular weight is 246 g/mol. The number of benzene rings is 1. The van der Waals surface area contributed by atoms with Crippen molar-refractivity contribution in [2.24, 2.45) is 0 Å². The summed E-state index contributed by atoms with van der Waals surface area (Å²) in [6.07, 6.45) is 3.60. The molecule has 0 saturated heterocycles. The van der Waals surface area contributed by atoms with Gasteiger partial charge in [0.1, 0.15) is 5.69 Å². The zero-order chi connectivity index (χ0) is 13.1. The molecular weight excluding hydrogens is 236 g/mol. The van der Waals surface area contributed by atoms with E-state index in [4.69, 9.17) is 5.26 Å². The van der Waals surface area contributed by atoms with E-state index < -0.39 is 0 Å². The molecule has 0 amide bonds. The topological polar surface area (TPSA) is 54.5 Å². The standard InChI is InChI=1S/C15H10N4/c16-11-12-4-3-5-13(10-12)19-9-7-15(18-19)14-6-1-2-8-17-14/h1-10H. The molecule has 0 aliphatic rings. The van der Waals surface area contributed by atoms with Crippen molar-refractivity contribution in [1.82, 2.24) is 14.8 Å². The molecule has 2 heterocycles. The van der Waals surface area contributed by atoms with Crippen LogP contribution in [0, 0.1) is 11.3 Å². The van der Waals surface area contributed by atoms with Crippen LogP contribution in [0.3, 0.4) is 0 Å². The lowest BCUT2D eigenvalue weighted by atomic mass is 10.2. The van der Waals surface area contributed by atoms with Crippen LogP contribution in [-0.2, 0) is 0 Å². The Morgan fingerprint density at radius 1 is 1.00 bits per heavy atom. The minimum Gasteiger partial charge on any atom is -0.255 e. The molecule has 0 aliphatic heterocycles. The minimum absolute atomic E-state index is 0.618. The number of nitrogens with zero attached hydrogens (tertiary/aromatic N) is 4. The predicted molar refractivity (Wildman–Crippen MR) is 71.5 cm³/mol. The molecule has 2 aromatic heterocycles. The fraction of sp³-hybridized carbons (Fsp3) is 0. The Bertz CT molecular complexity index is 738. The summed E-state index contributed by atoms with van der Waals surface area (Å²) in [5, 5.41) is 13.4. The molecule has 4 nitrogen and oxygen atoms in total. The quantitative estimate of drug-likeness (QED) is 0.698. The van der Waals surface area contributed by atoms with Gasteiger partial charge >= 0.3 is 0 Å². The van der Waals surface area contributed by atoms with E-state index in [1.165, 1.54) is 0 Å². The highest BCUT2D eigenvalue weighted by Gasteiger charge is 2.04. The Morgan fingerprint density at radius 2 is 1.95 bits per heavy atom. The Labute approximate surface area is 110 Å². The van der Waals surface area contributed by atoms with Gasteiger partial charge in [-0.3, -0.25) is 4.98 Å². The Kier molecular flexibility index (Phi) is 2.79. The smallest absolute Gasteiger partial charge is 0.111 e. The highest BCUT2D eigenvalue weighted by Crippen LogP contribution is 2.16. The van der Waals surface area contributed by atoms with E-state index >= 15 is 0 Å². The van der Waals surface area contributed by atoms with Crippen molar-refractivity contribution < 1.29 is 0 Å². The van der Waals surface area contributed by atoms with E-state index in [0.29, 0.717) is 5.56 Å². The zero-order valence-corrected chi connectivity index (χ0v) is 10.1. The van der Waals surface area contributed by atoms with Crippen LogP contribution in [0.2, 0.25) is 0 Å². The van der Waals surface area contributed by atoms with E-state index in [1.54, 1.807) is 23.0 Å². The second kappa shape index (κ2) is 4.75. The number of rotatable bonds is 2. The molecule has 0 unspecified atom stereocenters. The molecule has 3 aromatic rings. The van der Waals surface area contributed by atoms with Gasteiger partial charge in [0.15, 0.2) is 0 Å². The minimum atomic E-state index is 0.618. The van der Waals surface area contributed by atoms with Crippen molar-refractivity contribution >= 4 is 0 Å². The van der Waals surface area contributed by atoms with Gasteiger partial charge in [-0.25, -0.2) is 4.68 Å². The Balaban J connectivity index is 2.00. The second-order valence-electron chi connectivity index (χ2n) is 4.02. The fourth-order valence-corrected chi connectivity index (χ4v) is 1.84.